The van der Waals surface area contributed by atoms with Gasteiger partial charge in [-0.25, -0.2) is 0 Å². The summed E-state index contributed by atoms with van der Waals surface area (Å²) in [6, 6.07) is 4.02. The molecule has 0 amide bonds. The Morgan fingerprint density at radius 1 is 1.53 bits per heavy atom. The van der Waals surface area contributed by atoms with Crippen molar-refractivity contribution in [2.24, 2.45) is 0 Å². The van der Waals surface area contributed by atoms with Gasteiger partial charge in [-0.05, 0) is 24.1 Å². The molecule has 1 heterocycles. The first-order chi connectivity index (χ1) is 7.26. The van der Waals surface area contributed by atoms with Crippen molar-refractivity contribution < 1.29 is 4.74 Å². The van der Waals surface area contributed by atoms with Crippen LogP contribution in [0.3, 0.4) is 0 Å². The van der Waals surface area contributed by atoms with Crippen molar-refractivity contribution in [1.82, 2.24) is 4.98 Å². The Morgan fingerprint density at radius 2 is 2.33 bits per heavy atom. The van der Waals surface area contributed by atoms with Gasteiger partial charge >= 0.3 is 0 Å². The molecule has 78 valence electrons. The van der Waals surface area contributed by atoms with Crippen molar-refractivity contribution in [2.75, 3.05) is 7.11 Å². The van der Waals surface area contributed by atoms with E-state index in [9.17, 15) is 0 Å². The van der Waals surface area contributed by atoms with Crippen molar-refractivity contribution in [2.45, 2.75) is 6.42 Å². The molecule has 1 aromatic carbocycles. The summed E-state index contributed by atoms with van der Waals surface area (Å²) in [6.45, 7) is 3.75. The van der Waals surface area contributed by atoms with E-state index in [0.29, 0.717) is 0 Å². The normalized spacial score (nSPS) is 10.5. The summed E-state index contributed by atoms with van der Waals surface area (Å²) in [5.41, 5.74) is 2.29. The Hall–Kier alpha value is -1.22. The summed E-state index contributed by atoms with van der Waals surface area (Å²) in [5, 5.41) is 1.14. The zero-order chi connectivity index (χ0) is 10.8. The number of rotatable bonds is 3. The minimum absolute atomic E-state index is 0.845. The van der Waals surface area contributed by atoms with E-state index in [1.807, 2.05) is 24.4 Å². The van der Waals surface area contributed by atoms with Crippen LogP contribution in [0.25, 0.3) is 10.9 Å². The van der Waals surface area contributed by atoms with Crippen LogP contribution in [0, 0.1) is 0 Å². The Labute approximate surface area is 97.1 Å². The van der Waals surface area contributed by atoms with Crippen LogP contribution >= 0.6 is 15.9 Å². The topological polar surface area (TPSA) is 25.0 Å². The number of methoxy groups -OCH3 is 1. The highest BCUT2D eigenvalue weighted by molar-refractivity contribution is 9.10. The maximum absolute atomic E-state index is 5.37. The van der Waals surface area contributed by atoms with Gasteiger partial charge in [0.15, 0.2) is 0 Å². The van der Waals surface area contributed by atoms with Crippen LogP contribution in [0.2, 0.25) is 0 Å². The first-order valence-electron chi connectivity index (χ1n) is 4.70. The highest BCUT2D eigenvalue weighted by atomic mass is 79.9. The van der Waals surface area contributed by atoms with Crippen LogP contribution in [0.5, 0.6) is 5.75 Å². The lowest BCUT2D eigenvalue weighted by Crippen LogP contribution is -1.86. The van der Waals surface area contributed by atoms with E-state index in [-0.39, 0.29) is 0 Å². The monoisotopic (exact) mass is 265 g/mol. The predicted octanol–water partition coefficient (Wildman–Crippen LogP) is 3.67. The van der Waals surface area contributed by atoms with Crippen LogP contribution in [0.1, 0.15) is 5.56 Å². The Morgan fingerprint density at radius 3 is 3.00 bits per heavy atom. The number of benzene rings is 1. The minimum Gasteiger partial charge on any atom is -0.496 e. The average Bonchev–Trinajstić information content (AvgIpc) is 2.61. The molecule has 15 heavy (non-hydrogen) atoms. The number of nitrogens with one attached hydrogen (secondary N) is 1. The zero-order valence-electron chi connectivity index (χ0n) is 8.51. The van der Waals surface area contributed by atoms with Gasteiger partial charge in [0.2, 0.25) is 0 Å². The second-order valence-electron chi connectivity index (χ2n) is 3.34. The fraction of sp³-hybridized carbons (Fsp3) is 0.167. The summed E-state index contributed by atoms with van der Waals surface area (Å²) in [4.78, 5) is 3.23. The van der Waals surface area contributed by atoms with E-state index in [1.165, 1.54) is 5.56 Å². The van der Waals surface area contributed by atoms with Crippen molar-refractivity contribution in [3.63, 3.8) is 0 Å². The lowest BCUT2D eigenvalue weighted by molar-refractivity contribution is 0.419. The summed E-state index contributed by atoms with van der Waals surface area (Å²) < 4.78 is 6.38. The maximum Gasteiger partial charge on any atom is 0.129 e. The van der Waals surface area contributed by atoms with Gasteiger partial charge < -0.3 is 9.72 Å². The molecule has 0 bridgehead atoms. The van der Waals surface area contributed by atoms with Gasteiger partial charge in [0, 0.05) is 16.1 Å². The van der Waals surface area contributed by atoms with Gasteiger partial charge in [-0.2, -0.15) is 0 Å². The quantitative estimate of drug-likeness (QED) is 0.842. The summed E-state index contributed by atoms with van der Waals surface area (Å²) in [6.07, 6.45) is 4.74. The molecule has 0 spiro atoms. The average molecular weight is 266 g/mol. The highest BCUT2D eigenvalue weighted by Gasteiger charge is 2.09. The third-order valence-electron chi connectivity index (χ3n) is 2.37. The van der Waals surface area contributed by atoms with E-state index in [4.69, 9.17) is 4.74 Å². The van der Waals surface area contributed by atoms with E-state index < -0.39 is 0 Å². The SMILES string of the molecule is C=CCc1c[nH]c2cc(Br)cc(OC)c12. The molecule has 0 radical (unpaired) electrons. The largest absolute Gasteiger partial charge is 0.496 e. The van der Waals surface area contributed by atoms with Gasteiger partial charge in [0.1, 0.15) is 5.75 Å². The van der Waals surface area contributed by atoms with Crippen LogP contribution in [-0.2, 0) is 6.42 Å². The van der Waals surface area contributed by atoms with Crippen LogP contribution in [0.4, 0.5) is 0 Å². The lowest BCUT2D eigenvalue weighted by Gasteiger charge is -2.04. The second kappa shape index (κ2) is 4.11. The second-order valence-corrected chi connectivity index (χ2v) is 4.25. The zero-order valence-corrected chi connectivity index (χ0v) is 10.1. The number of hydrogen-bond acceptors (Lipinski definition) is 1. The van der Waals surface area contributed by atoms with Crippen molar-refractivity contribution in [1.29, 1.82) is 0 Å². The molecule has 1 N–H and O–H groups in total. The number of fused-ring (bicyclic) bond motifs is 1. The Kier molecular flexibility index (Phi) is 2.82. The number of ether oxygens (including phenoxy) is 1. The fourth-order valence-corrected chi connectivity index (χ4v) is 2.18. The molecule has 0 aliphatic rings. The van der Waals surface area contributed by atoms with Gasteiger partial charge in [-0.3, -0.25) is 0 Å². The smallest absolute Gasteiger partial charge is 0.129 e. The van der Waals surface area contributed by atoms with Crippen LogP contribution < -0.4 is 4.74 Å². The van der Waals surface area contributed by atoms with E-state index >= 15 is 0 Å². The number of aromatic amines is 1. The standard InChI is InChI=1S/C12H12BrNO/c1-3-4-8-7-14-10-5-9(13)6-11(15-2)12(8)10/h3,5-7,14H,1,4H2,2H3. The number of halogens is 1. The third-order valence-corrected chi connectivity index (χ3v) is 2.83. The molecule has 2 rings (SSSR count). The fourth-order valence-electron chi connectivity index (χ4n) is 1.74. The third kappa shape index (κ3) is 1.79. The van der Waals surface area contributed by atoms with Crippen LogP contribution in [-0.4, -0.2) is 12.1 Å². The molecule has 2 nitrogen and oxygen atoms in total. The molecule has 0 aliphatic carbocycles. The molecule has 0 unspecified atom stereocenters. The van der Waals surface area contributed by atoms with Gasteiger partial charge in [-0.15, -0.1) is 6.58 Å². The van der Waals surface area contributed by atoms with E-state index in [2.05, 4.69) is 27.5 Å². The number of hydrogen-bond donors (Lipinski definition) is 1. The molecule has 1 aromatic heterocycles. The molecular weight excluding hydrogens is 254 g/mol. The Bertz CT molecular complexity index is 502. The first kappa shape index (κ1) is 10.3. The molecule has 2 aromatic rings. The summed E-state index contributed by atoms with van der Waals surface area (Å²) in [5.74, 6) is 0.887. The molecular formula is C12H12BrNO. The minimum atomic E-state index is 0.845. The predicted molar refractivity (Wildman–Crippen MR) is 66.5 cm³/mol. The Balaban J connectivity index is 2.71. The summed E-state index contributed by atoms with van der Waals surface area (Å²) in [7, 11) is 1.69. The lowest BCUT2D eigenvalue weighted by atomic mass is 10.1. The maximum atomic E-state index is 5.37. The molecule has 0 saturated heterocycles. The molecule has 0 aliphatic heterocycles. The van der Waals surface area contributed by atoms with E-state index in [0.717, 1.165) is 27.5 Å². The molecule has 0 fully saturated rings. The highest BCUT2D eigenvalue weighted by Crippen LogP contribution is 2.32. The first-order valence-corrected chi connectivity index (χ1v) is 5.50. The van der Waals surface area contributed by atoms with Crippen LogP contribution in [0.15, 0.2) is 35.5 Å². The number of allylic oxidation sites excluding steroid dienone is 1. The number of aromatic nitrogens is 1. The molecule has 0 atom stereocenters. The molecule has 3 heteroatoms. The summed E-state index contributed by atoms with van der Waals surface area (Å²) >= 11 is 3.45. The van der Waals surface area contributed by atoms with Gasteiger partial charge in [-0.1, -0.05) is 22.0 Å². The molecule has 0 saturated carbocycles. The van der Waals surface area contributed by atoms with Crippen molar-refractivity contribution in [3.8, 4) is 5.75 Å². The van der Waals surface area contributed by atoms with Crippen molar-refractivity contribution in [3.05, 3.63) is 41.0 Å². The van der Waals surface area contributed by atoms with E-state index in [1.54, 1.807) is 7.11 Å². The number of H-pyrrole nitrogens is 1. The van der Waals surface area contributed by atoms with Crippen molar-refractivity contribution >= 4 is 26.8 Å². The van der Waals surface area contributed by atoms with Gasteiger partial charge in [0.05, 0.1) is 12.6 Å². The van der Waals surface area contributed by atoms with Gasteiger partial charge in [0.25, 0.3) is 0 Å².